The molecule has 0 aromatic carbocycles. The lowest BCUT2D eigenvalue weighted by atomic mass is 10.1. The van der Waals surface area contributed by atoms with Crippen LogP contribution in [0.4, 0.5) is 0 Å². The average Bonchev–Trinajstić information content (AvgIpc) is 3.15. The van der Waals surface area contributed by atoms with E-state index in [0.29, 0.717) is 19.4 Å². The van der Waals surface area contributed by atoms with Gasteiger partial charge in [0.15, 0.2) is 6.10 Å². The van der Waals surface area contributed by atoms with Crippen LogP contribution in [0, 0.1) is 0 Å². The Morgan fingerprint density at radius 2 is 1.06 bits per heavy atom. The van der Waals surface area contributed by atoms with Crippen LogP contribution in [0.3, 0.4) is 0 Å². The maximum Gasteiger partial charge on any atom is 0.472 e. The van der Waals surface area contributed by atoms with E-state index in [-0.39, 0.29) is 32.0 Å². The van der Waals surface area contributed by atoms with E-state index in [1.165, 1.54) is 64.2 Å². The van der Waals surface area contributed by atoms with E-state index in [9.17, 15) is 19.0 Å². The Bertz CT molecular complexity index is 1030. The molecule has 0 aliphatic rings. The number of ether oxygens (including phenoxy) is 2. The second-order valence-electron chi connectivity index (χ2n) is 14.1. The second kappa shape index (κ2) is 40.6. The van der Waals surface area contributed by atoms with Crippen molar-refractivity contribution >= 4 is 19.8 Å². The highest BCUT2D eigenvalue weighted by Gasteiger charge is 2.26. The molecule has 0 aliphatic carbocycles. The predicted octanol–water partition coefficient (Wildman–Crippen LogP) is 12.2. The van der Waals surface area contributed by atoms with Gasteiger partial charge < -0.3 is 19.7 Å². The summed E-state index contributed by atoms with van der Waals surface area (Å²) >= 11 is 0. The Morgan fingerprint density at radius 1 is 0.593 bits per heavy atom. The van der Waals surface area contributed by atoms with Gasteiger partial charge in [0, 0.05) is 19.4 Å². The molecule has 0 heterocycles. The van der Waals surface area contributed by atoms with E-state index >= 15 is 0 Å². The lowest BCUT2D eigenvalue weighted by molar-refractivity contribution is -0.161. The molecule has 0 radical (unpaired) electrons. The van der Waals surface area contributed by atoms with Crippen molar-refractivity contribution in [1.29, 1.82) is 0 Å². The Hall–Kier alpha value is -2.03. The quantitative estimate of drug-likeness (QED) is 0.0271. The Labute approximate surface area is 330 Å². The average molecular weight is 782 g/mol. The number of carbonyl (C=O) groups is 2. The van der Waals surface area contributed by atoms with Crippen LogP contribution in [0.15, 0.2) is 48.6 Å². The first kappa shape index (κ1) is 52.0. The number of nitrogens with one attached hydrogen (secondary N) is 1. The predicted molar refractivity (Wildman–Crippen MR) is 224 cm³/mol. The van der Waals surface area contributed by atoms with E-state index in [4.69, 9.17) is 18.5 Å². The third-order valence-corrected chi connectivity index (χ3v) is 9.92. The summed E-state index contributed by atoms with van der Waals surface area (Å²) in [4.78, 5) is 35.0. The van der Waals surface area contributed by atoms with Crippen molar-refractivity contribution in [3.05, 3.63) is 48.6 Å². The summed E-state index contributed by atoms with van der Waals surface area (Å²) in [6, 6.07) is 0. The Morgan fingerprint density at radius 3 is 1.59 bits per heavy atom. The molecule has 10 heteroatoms. The fourth-order valence-corrected chi connectivity index (χ4v) is 6.43. The number of phosphoric acid groups is 1. The van der Waals surface area contributed by atoms with Gasteiger partial charge >= 0.3 is 19.8 Å². The number of hydrogen-bond acceptors (Lipinski definition) is 8. The highest BCUT2D eigenvalue weighted by atomic mass is 31.2. The monoisotopic (exact) mass is 782 g/mol. The normalized spacial score (nSPS) is 13.8. The maximum atomic E-state index is 12.6. The van der Waals surface area contributed by atoms with Crippen molar-refractivity contribution in [2.24, 2.45) is 0 Å². The Kier molecular flexibility index (Phi) is 39.1. The highest BCUT2D eigenvalue weighted by Crippen LogP contribution is 2.43. The minimum atomic E-state index is -4.35. The van der Waals surface area contributed by atoms with Gasteiger partial charge in [-0.3, -0.25) is 18.6 Å². The summed E-state index contributed by atoms with van der Waals surface area (Å²) in [5.41, 5.74) is 0. The topological polar surface area (TPSA) is 120 Å². The third-order valence-electron chi connectivity index (χ3n) is 8.93. The van der Waals surface area contributed by atoms with Gasteiger partial charge in [0.2, 0.25) is 0 Å². The van der Waals surface area contributed by atoms with Crippen molar-refractivity contribution in [1.82, 2.24) is 5.32 Å². The summed E-state index contributed by atoms with van der Waals surface area (Å²) < 4.78 is 33.2. The number of likely N-dealkylation sites (N-methyl/N-ethyl adjacent to an activating group) is 1. The summed E-state index contributed by atoms with van der Waals surface area (Å²) in [5.74, 6) is -0.832. The van der Waals surface area contributed by atoms with Crippen LogP contribution in [0.25, 0.3) is 0 Å². The molecular weight excluding hydrogens is 701 g/mol. The molecule has 0 fully saturated rings. The van der Waals surface area contributed by atoms with Crippen LogP contribution in [0.2, 0.25) is 0 Å². The van der Waals surface area contributed by atoms with E-state index in [2.05, 4.69) is 67.8 Å². The van der Waals surface area contributed by atoms with Gasteiger partial charge in [-0.15, -0.1) is 0 Å². The number of esters is 2. The SMILES string of the molecule is CC/C=C\C/C=C\C/C=C\CCCCCCCC(=O)OCC(COP(=O)(O)OCCNC)OC(=O)CCCCCCCCC/C=C\CCCCCCCC. The molecule has 0 aromatic rings. The summed E-state index contributed by atoms with van der Waals surface area (Å²) in [7, 11) is -2.66. The highest BCUT2D eigenvalue weighted by molar-refractivity contribution is 7.47. The van der Waals surface area contributed by atoms with E-state index < -0.39 is 26.5 Å². The number of rotatable bonds is 40. The van der Waals surface area contributed by atoms with Gasteiger partial charge in [0.25, 0.3) is 0 Å². The van der Waals surface area contributed by atoms with E-state index in [0.717, 1.165) is 77.0 Å². The maximum absolute atomic E-state index is 12.6. The molecule has 2 unspecified atom stereocenters. The number of phosphoric ester groups is 1. The van der Waals surface area contributed by atoms with E-state index in [1.54, 1.807) is 7.05 Å². The molecule has 54 heavy (non-hydrogen) atoms. The van der Waals surface area contributed by atoms with Gasteiger partial charge in [0.1, 0.15) is 6.61 Å². The zero-order chi connectivity index (χ0) is 39.6. The zero-order valence-corrected chi connectivity index (χ0v) is 35.6. The van der Waals surface area contributed by atoms with Crippen LogP contribution in [0.1, 0.15) is 181 Å². The molecule has 0 bridgehead atoms. The lowest BCUT2D eigenvalue weighted by Gasteiger charge is -2.20. The van der Waals surface area contributed by atoms with Gasteiger partial charge in [-0.2, -0.15) is 0 Å². The fourth-order valence-electron chi connectivity index (χ4n) is 5.68. The fraction of sp³-hybridized carbons (Fsp3) is 0.773. The minimum absolute atomic E-state index is 0.0220. The van der Waals surface area contributed by atoms with Crippen LogP contribution in [-0.4, -0.2) is 56.3 Å². The standard InChI is InChI=1S/C44H80NO8P/c1-4-6-8-10-12-14-16-18-20-21-23-25-27-29-31-33-35-37-44(47)53-42(41-52-54(48,49)51-39-38-45-3)40-50-43(46)36-34-32-30-28-26-24-22-19-17-15-13-11-9-7-5-2/h7,9,13,15,18-20,22,42,45H,4-6,8,10-12,14,16-17,21,23-41H2,1-3H3,(H,48,49)/b9-7-,15-13-,20-18-,22-19-. The van der Waals surface area contributed by atoms with Gasteiger partial charge in [0.05, 0.1) is 13.2 Å². The minimum Gasteiger partial charge on any atom is -0.462 e. The molecule has 0 rings (SSSR count). The van der Waals surface area contributed by atoms with Crippen molar-refractivity contribution in [3.8, 4) is 0 Å². The molecule has 0 saturated heterocycles. The van der Waals surface area contributed by atoms with Crippen LogP contribution < -0.4 is 5.32 Å². The van der Waals surface area contributed by atoms with Crippen molar-refractivity contribution < 1.29 is 37.6 Å². The molecular formula is C44H80NO8P. The summed E-state index contributed by atoms with van der Waals surface area (Å²) in [6.45, 7) is 4.08. The third kappa shape index (κ3) is 39.7. The van der Waals surface area contributed by atoms with Gasteiger partial charge in [-0.1, -0.05) is 146 Å². The zero-order valence-electron chi connectivity index (χ0n) is 34.7. The van der Waals surface area contributed by atoms with Crippen molar-refractivity contribution in [2.75, 3.05) is 33.4 Å². The van der Waals surface area contributed by atoms with Crippen molar-refractivity contribution in [3.63, 3.8) is 0 Å². The lowest BCUT2D eigenvalue weighted by Crippen LogP contribution is -2.29. The number of hydrogen-bond donors (Lipinski definition) is 2. The molecule has 0 amide bonds. The smallest absolute Gasteiger partial charge is 0.462 e. The van der Waals surface area contributed by atoms with Gasteiger partial charge in [-0.05, 0) is 77.7 Å². The van der Waals surface area contributed by atoms with Crippen LogP contribution in [-0.2, 0) is 32.7 Å². The van der Waals surface area contributed by atoms with Crippen molar-refractivity contribution in [2.45, 2.75) is 187 Å². The first-order valence-electron chi connectivity index (χ1n) is 21.6. The van der Waals surface area contributed by atoms with Crippen LogP contribution >= 0.6 is 7.82 Å². The van der Waals surface area contributed by atoms with Crippen LogP contribution in [0.5, 0.6) is 0 Å². The molecule has 0 saturated carbocycles. The number of unbranched alkanes of at least 4 members (excludes halogenated alkanes) is 18. The molecule has 2 atom stereocenters. The summed E-state index contributed by atoms with van der Waals surface area (Å²) in [5, 5.41) is 2.82. The first-order valence-corrected chi connectivity index (χ1v) is 23.1. The molecule has 2 N–H and O–H groups in total. The Balaban J connectivity index is 4.25. The molecule has 0 spiro atoms. The molecule has 0 aromatic heterocycles. The molecule has 314 valence electrons. The molecule has 9 nitrogen and oxygen atoms in total. The number of carbonyl (C=O) groups excluding carboxylic acids is 2. The number of allylic oxidation sites excluding steroid dienone is 8. The first-order chi connectivity index (χ1) is 26.3. The molecule has 0 aliphatic heterocycles. The second-order valence-corrected chi connectivity index (χ2v) is 15.6. The largest absolute Gasteiger partial charge is 0.472 e. The summed E-state index contributed by atoms with van der Waals surface area (Å²) in [6.07, 6.45) is 44.4. The van der Waals surface area contributed by atoms with Gasteiger partial charge in [-0.25, -0.2) is 4.57 Å². The van der Waals surface area contributed by atoms with E-state index in [1.807, 2.05) is 0 Å².